The molecule has 0 unspecified atom stereocenters. The summed E-state index contributed by atoms with van der Waals surface area (Å²) < 4.78 is 0. The van der Waals surface area contributed by atoms with E-state index in [1.807, 2.05) is 30.0 Å². The molecule has 0 aliphatic rings. The van der Waals surface area contributed by atoms with Gasteiger partial charge in [-0.05, 0) is 30.6 Å². The van der Waals surface area contributed by atoms with Crippen molar-refractivity contribution in [3.05, 3.63) is 22.4 Å². The third-order valence-corrected chi connectivity index (χ3v) is 4.05. The Labute approximate surface area is 105 Å². The van der Waals surface area contributed by atoms with Gasteiger partial charge in [-0.15, -0.1) is 11.3 Å². The summed E-state index contributed by atoms with van der Waals surface area (Å²) in [7, 11) is 0. The average molecular weight is 260 g/mol. The highest BCUT2D eigenvalue weighted by Crippen LogP contribution is 2.16. The van der Waals surface area contributed by atoms with Crippen LogP contribution in [0.4, 0.5) is 0 Å². The van der Waals surface area contributed by atoms with Crippen LogP contribution < -0.4 is 10.6 Å². The van der Waals surface area contributed by atoms with Crippen molar-refractivity contribution in [1.82, 2.24) is 10.6 Å². The second-order valence-corrected chi connectivity index (χ2v) is 5.46. The number of thiophene rings is 1. The molecule has 0 fully saturated rings. The van der Waals surface area contributed by atoms with Crippen molar-refractivity contribution in [3.8, 4) is 0 Å². The number of thioether (sulfide) groups is 1. The molecule has 1 heterocycles. The second kappa shape index (κ2) is 7.96. The fourth-order valence-corrected chi connectivity index (χ4v) is 2.97. The molecule has 0 aliphatic carbocycles. The van der Waals surface area contributed by atoms with Crippen molar-refractivity contribution in [3.63, 3.8) is 0 Å². The van der Waals surface area contributed by atoms with Crippen LogP contribution in [0.15, 0.2) is 17.5 Å². The summed E-state index contributed by atoms with van der Waals surface area (Å²) in [6.45, 7) is 3.86. The Morgan fingerprint density at radius 2 is 2.40 bits per heavy atom. The van der Waals surface area contributed by atoms with Crippen molar-refractivity contribution in [2.75, 3.05) is 18.8 Å². The predicted octanol–water partition coefficient (Wildman–Crippen LogP) is 2.47. The molecule has 2 nitrogen and oxygen atoms in total. The van der Waals surface area contributed by atoms with Gasteiger partial charge in [0.05, 0.1) is 0 Å². The smallest absolute Gasteiger partial charge is 0.166 e. The SMILES string of the molecule is CCNC(=S)NCCSCc1cccs1. The van der Waals surface area contributed by atoms with Gasteiger partial charge in [-0.25, -0.2) is 0 Å². The normalized spacial score (nSPS) is 9.93. The number of nitrogens with one attached hydrogen (secondary N) is 2. The first-order valence-electron chi connectivity index (χ1n) is 4.94. The van der Waals surface area contributed by atoms with E-state index in [1.54, 1.807) is 0 Å². The molecular weight excluding hydrogens is 244 g/mol. The van der Waals surface area contributed by atoms with Gasteiger partial charge in [0.25, 0.3) is 0 Å². The minimum Gasteiger partial charge on any atom is -0.363 e. The van der Waals surface area contributed by atoms with Crippen LogP contribution in [0.2, 0.25) is 0 Å². The van der Waals surface area contributed by atoms with E-state index in [0.717, 1.165) is 29.7 Å². The molecule has 1 aromatic rings. The van der Waals surface area contributed by atoms with Crippen LogP contribution in [-0.4, -0.2) is 24.0 Å². The van der Waals surface area contributed by atoms with Gasteiger partial charge >= 0.3 is 0 Å². The molecule has 0 saturated carbocycles. The minimum absolute atomic E-state index is 0.759. The molecule has 0 amide bonds. The lowest BCUT2D eigenvalue weighted by Gasteiger charge is -2.07. The van der Waals surface area contributed by atoms with Crippen molar-refractivity contribution < 1.29 is 0 Å². The van der Waals surface area contributed by atoms with Crippen LogP contribution in [0.1, 0.15) is 11.8 Å². The first kappa shape index (κ1) is 12.8. The van der Waals surface area contributed by atoms with E-state index in [4.69, 9.17) is 12.2 Å². The molecule has 15 heavy (non-hydrogen) atoms. The number of thiocarbonyl (C=S) groups is 1. The summed E-state index contributed by atoms with van der Waals surface area (Å²) >= 11 is 8.80. The molecule has 84 valence electrons. The summed E-state index contributed by atoms with van der Waals surface area (Å²) in [5.41, 5.74) is 0. The third-order valence-electron chi connectivity index (χ3n) is 1.69. The maximum atomic E-state index is 5.05. The van der Waals surface area contributed by atoms with Crippen LogP contribution in [0, 0.1) is 0 Å². The van der Waals surface area contributed by atoms with Gasteiger partial charge in [0.2, 0.25) is 0 Å². The Balaban J connectivity index is 1.95. The molecule has 1 rings (SSSR count). The maximum Gasteiger partial charge on any atom is 0.166 e. The summed E-state index contributed by atoms with van der Waals surface area (Å²) in [5.74, 6) is 2.19. The fourth-order valence-electron chi connectivity index (χ4n) is 1.03. The highest BCUT2D eigenvalue weighted by molar-refractivity contribution is 7.98. The summed E-state index contributed by atoms with van der Waals surface area (Å²) in [6, 6.07) is 4.27. The van der Waals surface area contributed by atoms with E-state index in [0.29, 0.717) is 0 Å². The molecule has 0 aromatic carbocycles. The van der Waals surface area contributed by atoms with Crippen molar-refractivity contribution in [1.29, 1.82) is 0 Å². The number of hydrogen-bond donors (Lipinski definition) is 2. The lowest BCUT2D eigenvalue weighted by atomic mass is 10.5. The molecule has 0 radical (unpaired) electrons. The van der Waals surface area contributed by atoms with Crippen molar-refractivity contribution >= 4 is 40.4 Å². The highest BCUT2D eigenvalue weighted by atomic mass is 32.2. The molecule has 1 aromatic heterocycles. The fraction of sp³-hybridized carbons (Fsp3) is 0.500. The number of rotatable bonds is 6. The largest absolute Gasteiger partial charge is 0.363 e. The van der Waals surface area contributed by atoms with E-state index in [2.05, 4.69) is 28.1 Å². The molecule has 0 saturated heterocycles. The zero-order valence-corrected chi connectivity index (χ0v) is 11.2. The van der Waals surface area contributed by atoms with Gasteiger partial charge in [0.15, 0.2) is 5.11 Å². The monoisotopic (exact) mass is 260 g/mol. The van der Waals surface area contributed by atoms with Gasteiger partial charge in [0.1, 0.15) is 0 Å². The van der Waals surface area contributed by atoms with Crippen LogP contribution >= 0.6 is 35.3 Å². The minimum atomic E-state index is 0.759. The zero-order valence-electron chi connectivity index (χ0n) is 8.79. The van der Waals surface area contributed by atoms with E-state index in [-0.39, 0.29) is 0 Å². The topological polar surface area (TPSA) is 24.1 Å². The Kier molecular flexibility index (Phi) is 6.80. The molecule has 2 N–H and O–H groups in total. The standard InChI is InChI=1S/C10H16N2S3/c1-2-11-10(13)12-5-7-14-8-9-4-3-6-15-9/h3-4,6H,2,5,7-8H2,1H3,(H2,11,12,13). The summed E-state index contributed by atoms with van der Waals surface area (Å²) in [4.78, 5) is 1.44. The molecule has 0 bridgehead atoms. The van der Waals surface area contributed by atoms with E-state index in [1.165, 1.54) is 4.88 Å². The summed E-state index contributed by atoms with van der Waals surface area (Å²) in [5, 5.41) is 9.11. The first-order valence-corrected chi connectivity index (χ1v) is 7.39. The highest BCUT2D eigenvalue weighted by Gasteiger charge is 1.95. The molecule has 5 heteroatoms. The second-order valence-electron chi connectivity index (χ2n) is 2.92. The van der Waals surface area contributed by atoms with Gasteiger partial charge in [-0.1, -0.05) is 6.07 Å². The molecule has 0 atom stereocenters. The van der Waals surface area contributed by atoms with Gasteiger partial charge < -0.3 is 10.6 Å². The lowest BCUT2D eigenvalue weighted by molar-refractivity contribution is 0.887. The third kappa shape index (κ3) is 6.02. The Bertz CT molecular complexity index is 272. The predicted molar refractivity (Wildman–Crippen MR) is 74.8 cm³/mol. The van der Waals surface area contributed by atoms with Crippen LogP contribution in [-0.2, 0) is 5.75 Å². The van der Waals surface area contributed by atoms with E-state index >= 15 is 0 Å². The Morgan fingerprint density at radius 3 is 3.07 bits per heavy atom. The average Bonchev–Trinajstić information content (AvgIpc) is 2.70. The van der Waals surface area contributed by atoms with E-state index < -0.39 is 0 Å². The Hall–Kier alpha value is -0.260. The van der Waals surface area contributed by atoms with Crippen LogP contribution in [0.25, 0.3) is 0 Å². The van der Waals surface area contributed by atoms with Crippen LogP contribution in [0.3, 0.4) is 0 Å². The molecular formula is C10H16N2S3. The summed E-state index contributed by atoms with van der Waals surface area (Å²) in [6.07, 6.45) is 0. The van der Waals surface area contributed by atoms with E-state index in [9.17, 15) is 0 Å². The quantitative estimate of drug-likeness (QED) is 0.606. The zero-order chi connectivity index (χ0) is 10.9. The maximum absolute atomic E-state index is 5.05. The van der Waals surface area contributed by atoms with Crippen molar-refractivity contribution in [2.24, 2.45) is 0 Å². The van der Waals surface area contributed by atoms with Crippen molar-refractivity contribution in [2.45, 2.75) is 12.7 Å². The Morgan fingerprint density at radius 1 is 1.53 bits per heavy atom. The van der Waals surface area contributed by atoms with Gasteiger partial charge in [-0.2, -0.15) is 11.8 Å². The number of hydrogen-bond acceptors (Lipinski definition) is 3. The van der Waals surface area contributed by atoms with Gasteiger partial charge in [0, 0.05) is 29.5 Å². The molecule has 0 aliphatic heterocycles. The van der Waals surface area contributed by atoms with Crippen LogP contribution in [0.5, 0.6) is 0 Å². The van der Waals surface area contributed by atoms with Gasteiger partial charge in [-0.3, -0.25) is 0 Å². The lowest BCUT2D eigenvalue weighted by Crippen LogP contribution is -2.36. The first-order chi connectivity index (χ1) is 7.33. The molecule has 0 spiro atoms.